The van der Waals surface area contributed by atoms with Gasteiger partial charge >= 0.3 is 0 Å². The molecule has 24 heavy (non-hydrogen) atoms. The lowest BCUT2D eigenvalue weighted by Gasteiger charge is -2.33. The third-order valence-corrected chi connectivity index (χ3v) is 5.80. The van der Waals surface area contributed by atoms with Crippen molar-refractivity contribution in [1.29, 1.82) is 0 Å². The van der Waals surface area contributed by atoms with E-state index in [0.717, 1.165) is 45.0 Å². The molecule has 1 aliphatic heterocycles. The fraction of sp³-hybridized carbons (Fsp3) is 0.294. The fourth-order valence-electron chi connectivity index (χ4n) is 2.85. The van der Waals surface area contributed by atoms with Crippen LogP contribution in [-0.4, -0.2) is 29.7 Å². The number of rotatable bonds is 2. The summed E-state index contributed by atoms with van der Waals surface area (Å²) < 4.78 is 6.86. The highest BCUT2D eigenvalue weighted by Gasteiger charge is 2.25. The van der Waals surface area contributed by atoms with E-state index < -0.39 is 0 Å². The average molecular weight is 425 g/mol. The summed E-state index contributed by atoms with van der Waals surface area (Å²) in [6.45, 7) is 4.23. The van der Waals surface area contributed by atoms with Crippen LogP contribution in [0.1, 0.15) is 16.8 Å². The van der Waals surface area contributed by atoms with Crippen LogP contribution >= 0.6 is 38.9 Å². The molecule has 1 fully saturated rings. The van der Waals surface area contributed by atoms with Gasteiger partial charge in [0.2, 0.25) is 0 Å². The molecule has 0 radical (unpaired) electrons. The average Bonchev–Trinajstić information content (AvgIpc) is 3.01. The van der Waals surface area contributed by atoms with Gasteiger partial charge in [-0.2, -0.15) is 0 Å². The monoisotopic (exact) mass is 423 g/mol. The minimum atomic E-state index is -0.00432. The van der Waals surface area contributed by atoms with E-state index in [4.69, 9.17) is 21.3 Å². The highest BCUT2D eigenvalue weighted by Crippen LogP contribution is 2.31. The van der Waals surface area contributed by atoms with E-state index in [1.807, 2.05) is 25.1 Å². The second-order valence-corrected chi connectivity index (χ2v) is 7.97. The number of fused-ring (bicyclic) bond motifs is 1. The maximum absolute atomic E-state index is 6.36. The molecule has 7 heteroatoms. The first-order valence-corrected chi connectivity index (χ1v) is 9.69. The number of aromatic nitrogens is 2. The van der Waals surface area contributed by atoms with Crippen LogP contribution in [0.5, 0.6) is 0 Å². The topological polar surface area (TPSA) is 38.2 Å². The summed E-state index contributed by atoms with van der Waals surface area (Å²) >= 11 is 11.5. The summed E-state index contributed by atoms with van der Waals surface area (Å²) in [5.41, 5.74) is 1.86. The van der Waals surface area contributed by atoms with Crippen LogP contribution in [0.4, 0.5) is 5.82 Å². The molecular formula is C17H15BrClN3OS. The van der Waals surface area contributed by atoms with Gasteiger partial charge in [-0.1, -0.05) is 27.5 Å². The highest BCUT2D eigenvalue weighted by atomic mass is 79.9. The molecule has 0 N–H and O–H groups in total. The Hall–Kier alpha value is -1.21. The van der Waals surface area contributed by atoms with Crippen LogP contribution in [-0.2, 0) is 4.74 Å². The van der Waals surface area contributed by atoms with Gasteiger partial charge < -0.3 is 9.64 Å². The number of morpholine rings is 1. The molecule has 2 aromatic heterocycles. The van der Waals surface area contributed by atoms with Crippen LogP contribution < -0.4 is 4.90 Å². The Kier molecular flexibility index (Phi) is 4.47. The first-order valence-electron chi connectivity index (χ1n) is 7.64. The molecule has 3 heterocycles. The van der Waals surface area contributed by atoms with Gasteiger partial charge in [-0.3, -0.25) is 0 Å². The predicted molar refractivity (Wildman–Crippen MR) is 102 cm³/mol. The smallest absolute Gasteiger partial charge is 0.129 e. The number of halogens is 2. The number of nitrogens with zero attached hydrogens (tertiary/aromatic N) is 3. The first-order chi connectivity index (χ1) is 11.6. The predicted octanol–water partition coefficient (Wildman–Crippen LogP) is 4.99. The lowest BCUT2D eigenvalue weighted by Crippen LogP contribution is -2.38. The molecule has 0 aliphatic carbocycles. The van der Waals surface area contributed by atoms with Crippen molar-refractivity contribution in [2.24, 2.45) is 0 Å². The summed E-state index contributed by atoms with van der Waals surface area (Å²) in [4.78, 5) is 11.6. The normalized spacial score (nSPS) is 18.3. The van der Waals surface area contributed by atoms with Crippen molar-refractivity contribution in [3.63, 3.8) is 0 Å². The van der Waals surface area contributed by atoms with Crippen LogP contribution in [0.2, 0.25) is 5.02 Å². The van der Waals surface area contributed by atoms with Crippen molar-refractivity contribution in [2.45, 2.75) is 13.0 Å². The fourth-order valence-corrected chi connectivity index (χ4v) is 4.56. The van der Waals surface area contributed by atoms with Gasteiger partial charge in [-0.15, -0.1) is 11.3 Å². The number of pyridine rings is 1. The van der Waals surface area contributed by atoms with Gasteiger partial charge in [0, 0.05) is 27.5 Å². The molecule has 0 amide bonds. The molecular weight excluding hydrogens is 410 g/mol. The summed E-state index contributed by atoms with van der Waals surface area (Å²) in [7, 11) is 0. The Morgan fingerprint density at radius 2 is 2.21 bits per heavy atom. The third-order valence-electron chi connectivity index (χ3n) is 4.00. The van der Waals surface area contributed by atoms with Crippen molar-refractivity contribution in [3.05, 3.63) is 49.8 Å². The van der Waals surface area contributed by atoms with E-state index in [0.29, 0.717) is 11.6 Å². The van der Waals surface area contributed by atoms with E-state index in [-0.39, 0.29) is 6.10 Å². The van der Waals surface area contributed by atoms with Gasteiger partial charge in [-0.25, -0.2) is 9.97 Å². The molecule has 1 unspecified atom stereocenters. The summed E-state index contributed by atoms with van der Waals surface area (Å²) in [6, 6.07) is 8.01. The molecule has 0 spiro atoms. The number of ether oxygens (including phenoxy) is 1. The number of aryl methyl sites for hydroxylation is 1. The second kappa shape index (κ2) is 6.59. The molecule has 4 rings (SSSR count). The Morgan fingerprint density at radius 3 is 3.00 bits per heavy atom. The summed E-state index contributed by atoms with van der Waals surface area (Å²) in [5, 5.41) is 4.77. The molecule has 4 nitrogen and oxygen atoms in total. The Labute approximate surface area is 157 Å². The number of thiazole rings is 1. The van der Waals surface area contributed by atoms with Crippen LogP contribution in [0, 0.1) is 6.92 Å². The number of hydrogen-bond acceptors (Lipinski definition) is 5. The Morgan fingerprint density at radius 1 is 1.33 bits per heavy atom. The maximum Gasteiger partial charge on any atom is 0.129 e. The quantitative estimate of drug-likeness (QED) is 0.580. The zero-order chi connectivity index (χ0) is 16.7. The SMILES string of the molecule is Cc1csc(C2CN(c3ccc4cc(Br)cc(Cl)c4n3)CCO2)n1. The number of benzene rings is 1. The van der Waals surface area contributed by atoms with Crippen molar-refractivity contribution in [3.8, 4) is 0 Å². The molecule has 0 bridgehead atoms. The van der Waals surface area contributed by atoms with E-state index in [1.165, 1.54) is 0 Å². The van der Waals surface area contributed by atoms with E-state index in [9.17, 15) is 0 Å². The van der Waals surface area contributed by atoms with Gasteiger partial charge in [0.25, 0.3) is 0 Å². The lowest BCUT2D eigenvalue weighted by atomic mass is 10.2. The van der Waals surface area contributed by atoms with Gasteiger partial charge in [-0.05, 0) is 31.2 Å². The Balaban J connectivity index is 1.64. The number of hydrogen-bond donors (Lipinski definition) is 0. The largest absolute Gasteiger partial charge is 0.367 e. The summed E-state index contributed by atoms with van der Waals surface area (Å²) in [6.07, 6.45) is -0.00432. The van der Waals surface area contributed by atoms with Crippen molar-refractivity contribution in [2.75, 3.05) is 24.6 Å². The first kappa shape index (κ1) is 16.3. The molecule has 1 saturated heterocycles. The van der Waals surface area contributed by atoms with Gasteiger partial charge in [0.15, 0.2) is 0 Å². The lowest BCUT2D eigenvalue weighted by molar-refractivity contribution is 0.0393. The zero-order valence-corrected chi connectivity index (χ0v) is 16.2. The van der Waals surface area contributed by atoms with Crippen molar-refractivity contribution in [1.82, 2.24) is 9.97 Å². The zero-order valence-electron chi connectivity index (χ0n) is 13.0. The molecule has 1 aromatic carbocycles. The number of anilines is 1. The molecule has 3 aromatic rings. The minimum Gasteiger partial charge on any atom is -0.367 e. The minimum absolute atomic E-state index is 0.00432. The van der Waals surface area contributed by atoms with E-state index in [2.05, 4.69) is 37.3 Å². The molecule has 0 saturated carbocycles. The van der Waals surface area contributed by atoms with E-state index in [1.54, 1.807) is 11.3 Å². The van der Waals surface area contributed by atoms with Gasteiger partial charge in [0.1, 0.15) is 16.9 Å². The van der Waals surface area contributed by atoms with Crippen molar-refractivity contribution >= 4 is 55.6 Å². The Bertz CT molecular complexity index is 901. The summed E-state index contributed by atoms with van der Waals surface area (Å²) in [5.74, 6) is 0.924. The van der Waals surface area contributed by atoms with Crippen molar-refractivity contribution < 1.29 is 4.74 Å². The van der Waals surface area contributed by atoms with E-state index >= 15 is 0 Å². The van der Waals surface area contributed by atoms with Crippen LogP contribution in [0.3, 0.4) is 0 Å². The molecule has 1 aliphatic rings. The molecule has 1 atom stereocenters. The van der Waals surface area contributed by atoms with Crippen LogP contribution in [0.25, 0.3) is 10.9 Å². The van der Waals surface area contributed by atoms with Gasteiger partial charge in [0.05, 0.1) is 23.7 Å². The maximum atomic E-state index is 6.36. The van der Waals surface area contributed by atoms with Crippen LogP contribution in [0.15, 0.2) is 34.1 Å². The highest BCUT2D eigenvalue weighted by molar-refractivity contribution is 9.10. The standard InChI is InChI=1S/C17H15BrClN3OS/c1-10-9-24-17(20-10)14-8-22(4-5-23-14)15-3-2-11-6-12(18)7-13(19)16(11)21-15/h2-3,6-7,9,14H,4-5,8H2,1H3. The second-order valence-electron chi connectivity index (χ2n) is 5.76. The third kappa shape index (κ3) is 3.16. The molecule has 124 valence electrons.